The average molecular weight is 371 g/mol. The number of halogens is 1. The maximum atomic E-state index is 13.2. The molecule has 0 spiro atoms. The van der Waals surface area contributed by atoms with Gasteiger partial charge in [-0.2, -0.15) is 4.39 Å². The van der Waals surface area contributed by atoms with Crippen LogP contribution in [-0.2, 0) is 9.59 Å². The van der Waals surface area contributed by atoms with Gasteiger partial charge in [0.15, 0.2) is 0 Å². The van der Waals surface area contributed by atoms with Crippen LogP contribution in [0.15, 0.2) is 18.2 Å². The Balaban J connectivity index is 1.77. The molecule has 0 aromatic heterocycles. The minimum atomic E-state index is -0.956. The van der Waals surface area contributed by atoms with Crippen molar-refractivity contribution in [3.63, 3.8) is 0 Å². The third kappa shape index (κ3) is 4.71. The molecule has 0 saturated carbocycles. The van der Waals surface area contributed by atoms with E-state index >= 15 is 0 Å². The predicted octanol–water partition coefficient (Wildman–Crippen LogP) is 2.70. The number of unbranched alkanes of at least 4 members (excludes halogenated alkanes) is 1. The smallest absolute Gasteiger partial charge is 0.306 e. The Morgan fingerprint density at radius 1 is 1.46 bits per heavy atom. The van der Waals surface area contributed by atoms with Crippen molar-refractivity contribution in [3.05, 3.63) is 34.1 Å². The van der Waals surface area contributed by atoms with E-state index in [4.69, 9.17) is 12.2 Å². The van der Waals surface area contributed by atoms with Crippen molar-refractivity contribution in [2.24, 2.45) is 0 Å². The lowest BCUT2D eigenvalue weighted by atomic mass is 10.2. The summed E-state index contributed by atoms with van der Waals surface area (Å²) >= 11 is 6.38. The number of anilines is 1. The first-order valence-corrected chi connectivity index (χ1v) is 8.49. The zero-order chi connectivity index (χ0) is 17.7. The molecule has 128 valence electrons. The van der Waals surface area contributed by atoms with Gasteiger partial charge in [-0.05, 0) is 25.0 Å². The second-order valence-electron chi connectivity index (χ2n) is 5.03. The molecule has 1 fully saturated rings. The number of carbonyl (C=O) groups is 2. The van der Waals surface area contributed by atoms with Crippen LogP contribution >= 0.6 is 24.0 Å². The van der Waals surface area contributed by atoms with E-state index in [0.717, 1.165) is 12.1 Å². The maximum Gasteiger partial charge on any atom is 0.306 e. The second kappa shape index (κ2) is 8.15. The lowest BCUT2D eigenvalue weighted by Crippen LogP contribution is -2.29. The van der Waals surface area contributed by atoms with Gasteiger partial charge in [0.05, 0.1) is 10.7 Å². The normalized spacial score (nSPS) is 14.1. The van der Waals surface area contributed by atoms with Gasteiger partial charge in [0, 0.05) is 24.7 Å². The highest BCUT2D eigenvalue weighted by Crippen LogP contribution is 2.22. The van der Waals surface area contributed by atoms with Gasteiger partial charge in [0.1, 0.15) is 4.32 Å². The van der Waals surface area contributed by atoms with Gasteiger partial charge in [-0.15, -0.1) is 0 Å². The summed E-state index contributed by atoms with van der Waals surface area (Å²) in [5.41, 5.74) is -0.522. The van der Waals surface area contributed by atoms with Crippen LogP contribution < -0.4 is 5.32 Å². The van der Waals surface area contributed by atoms with Gasteiger partial charge in [-0.1, -0.05) is 24.0 Å². The lowest BCUT2D eigenvalue weighted by molar-refractivity contribution is -0.387. The summed E-state index contributed by atoms with van der Waals surface area (Å²) in [5, 5.41) is 13.1. The number of nitrogens with one attached hydrogen (secondary N) is 1. The van der Waals surface area contributed by atoms with Crippen LogP contribution in [0.4, 0.5) is 15.8 Å². The Hall–Kier alpha value is -2.07. The number of nitro groups is 1. The van der Waals surface area contributed by atoms with Crippen molar-refractivity contribution in [3.8, 4) is 0 Å². The highest BCUT2D eigenvalue weighted by Gasteiger charge is 2.25. The number of thiocarbonyl (C=S) groups is 1. The molecule has 1 N–H and O–H groups in total. The zero-order valence-corrected chi connectivity index (χ0v) is 14.1. The molecular weight excluding hydrogens is 357 g/mol. The average Bonchev–Trinajstić information content (AvgIpc) is 2.84. The van der Waals surface area contributed by atoms with E-state index in [1.807, 2.05) is 0 Å². The summed E-state index contributed by atoms with van der Waals surface area (Å²) in [6.45, 7) is 0.472. The van der Waals surface area contributed by atoms with Crippen LogP contribution in [0.3, 0.4) is 0 Å². The number of nitro benzene ring substituents is 1. The van der Waals surface area contributed by atoms with E-state index in [1.165, 1.54) is 22.7 Å². The van der Waals surface area contributed by atoms with Crippen LogP contribution in [-0.4, -0.2) is 38.3 Å². The van der Waals surface area contributed by atoms with Crippen LogP contribution in [0.5, 0.6) is 0 Å². The van der Waals surface area contributed by atoms with E-state index in [1.54, 1.807) is 0 Å². The topological polar surface area (TPSA) is 92.6 Å². The zero-order valence-electron chi connectivity index (χ0n) is 12.5. The molecule has 24 heavy (non-hydrogen) atoms. The van der Waals surface area contributed by atoms with Crippen LogP contribution in [0.25, 0.3) is 0 Å². The Bertz CT molecular complexity index is 683. The number of hydrogen-bond donors (Lipinski definition) is 1. The third-order valence-electron chi connectivity index (χ3n) is 3.30. The number of nitrogens with zero attached hydrogens (tertiary/aromatic N) is 2. The second-order valence-corrected chi connectivity index (χ2v) is 6.64. The monoisotopic (exact) mass is 371 g/mol. The van der Waals surface area contributed by atoms with E-state index in [2.05, 4.69) is 5.32 Å². The molecule has 0 bridgehead atoms. The number of carbonyl (C=O) groups excluding carboxylic acids is 2. The van der Waals surface area contributed by atoms with E-state index < -0.39 is 16.4 Å². The highest BCUT2D eigenvalue weighted by molar-refractivity contribution is 8.23. The van der Waals surface area contributed by atoms with Crippen LogP contribution in [0.2, 0.25) is 0 Å². The number of hydrogen-bond acceptors (Lipinski definition) is 6. The summed E-state index contributed by atoms with van der Waals surface area (Å²) in [4.78, 5) is 34.7. The van der Waals surface area contributed by atoms with Crippen LogP contribution in [0.1, 0.15) is 19.3 Å². The number of amides is 2. The van der Waals surface area contributed by atoms with Gasteiger partial charge in [-0.25, -0.2) is 0 Å². The minimum absolute atomic E-state index is 0.0203. The molecule has 0 aliphatic carbocycles. The number of thioether (sulfide) groups is 1. The van der Waals surface area contributed by atoms with Crippen molar-refractivity contribution < 1.29 is 18.9 Å². The quantitative estimate of drug-likeness (QED) is 0.343. The standard InChI is InChI=1S/C14H14FN3O4S2/c15-10-5-4-9(7-11(10)18(21)22)16-12(19)3-1-2-6-17-13(20)8-24-14(17)23/h4-5,7H,1-3,6,8H2,(H,16,19). The minimum Gasteiger partial charge on any atom is -0.326 e. The van der Waals surface area contributed by atoms with Crippen molar-refractivity contribution in [2.75, 3.05) is 17.6 Å². The van der Waals surface area contributed by atoms with Crippen molar-refractivity contribution in [1.29, 1.82) is 0 Å². The first-order valence-electron chi connectivity index (χ1n) is 7.09. The Labute approximate surface area is 146 Å². The number of benzene rings is 1. The molecule has 0 radical (unpaired) electrons. The molecular formula is C14H14FN3O4S2. The van der Waals surface area contributed by atoms with Crippen molar-refractivity contribution in [2.45, 2.75) is 19.3 Å². The SMILES string of the molecule is O=C(CCCCN1C(=O)CSC1=S)Nc1ccc(F)c([N+](=O)[O-])c1. The fourth-order valence-electron chi connectivity index (χ4n) is 2.11. The number of rotatable bonds is 7. The summed E-state index contributed by atoms with van der Waals surface area (Å²) < 4.78 is 13.8. The van der Waals surface area contributed by atoms with Crippen molar-refractivity contribution in [1.82, 2.24) is 4.90 Å². The molecule has 7 nitrogen and oxygen atoms in total. The molecule has 2 amide bonds. The summed E-state index contributed by atoms with van der Waals surface area (Å²) in [6, 6.07) is 3.18. The predicted molar refractivity (Wildman–Crippen MR) is 92.3 cm³/mol. The fraction of sp³-hybridized carbons (Fsp3) is 0.357. The fourth-order valence-corrected chi connectivity index (χ4v) is 3.23. The summed E-state index contributed by atoms with van der Waals surface area (Å²) in [7, 11) is 0. The Morgan fingerprint density at radius 3 is 2.83 bits per heavy atom. The van der Waals surface area contributed by atoms with Crippen molar-refractivity contribution >= 4 is 51.5 Å². The molecule has 1 aliphatic rings. The molecule has 1 aliphatic heterocycles. The summed E-state index contributed by atoms with van der Waals surface area (Å²) in [5.74, 6) is -0.946. The van der Waals surface area contributed by atoms with Gasteiger partial charge in [0.2, 0.25) is 17.6 Å². The molecule has 2 rings (SSSR count). The highest BCUT2D eigenvalue weighted by atomic mass is 32.2. The largest absolute Gasteiger partial charge is 0.326 e. The van der Waals surface area contributed by atoms with Gasteiger partial charge in [0.25, 0.3) is 0 Å². The molecule has 1 aromatic rings. The third-order valence-corrected chi connectivity index (χ3v) is 4.74. The molecule has 10 heteroatoms. The van der Waals surface area contributed by atoms with Gasteiger partial charge < -0.3 is 5.32 Å². The summed E-state index contributed by atoms with van der Waals surface area (Å²) in [6.07, 6.45) is 1.34. The maximum absolute atomic E-state index is 13.2. The first kappa shape index (κ1) is 18.3. The van der Waals surface area contributed by atoms with Crippen LogP contribution in [0, 0.1) is 15.9 Å². The van der Waals surface area contributed by atoms with Gasteiger partial charge in [-0.3, -0.25) is 24.6 Å². The molecule has 0 unspecified atom stereocenters. The Morgan fingerprint density at radius 2 is 2.21 bits per heavy atom. The molecule has 1 aromatic carbocycles. The van der Waals surface area contributed by atoms with E-state index in [-0.39, 0.29) is 23.9 Å². The van der Waals surface area contributed by atoms with Gasteiger partial charge >= 0.3 is 5.69 Å². The molecule has 1 heterocycles. The first-order chi connectivity index (χ1) is 11.4. The Kier molecular flexibility index (Phi) is 6.21. The molecule has 0 atom stereocenters. The lowest BCUT2D eigenvalue weighted by Gasteiger charge is -2.14. The van der Waals surface area contributed by atoms with E-state index in [9.17, 15) is 24.1 Å². The molecule has 1 saturated heterocycles. The van der Waals surface area contributed by atoms with E-state index in [0.29, 0.717) is 29.5 Å².